The maximum atomic E-state index is 12.2. The van der Waals surface area contributed by atoms with E-state index < -0.39 is 0 Å². The summed E-state index contributed by atoms with van der Waals surface area (Å²) in [5.41, 5.74) is 1.86. The van der Waals surface area contributed by atoms with Crippen LogP contribution in [0.3, 0.4) is 0 Å². The molecule has 1 aromatic carbocycles. The zero-order chi connectivity index (χ0) is 13.7. The largest absolute Gasteiger partial charge is 0.352 e. The first-order valence-electron chi connectivity index (χ1n) is 6.51. The Morgan fingerprint density at radius 2 is 2.11 bits per heavy atom. The molecule has 4 heteroatoms. The van der Waals surface area contributed by atoms with E-state index in [2.05, 4.69) is 4.99 Å². The van der Waals surface area contributed by atoms with E-state index in [1.54, 1.807) is 0 Å². The molecular weight excluding hydrogens is 238 g/mol. The Kier molecular flexibility index (Phi) is 4.30. The predicted octanol–water partition coefficient (Wildman–Crippen LogP) is 2.54. The summed E-state index contributed by atoms with van der Waals surface area (Å²) < 4.78 is 0. The van der Waals surface area contributed by atoms with Crippen LogP contribution in [0.25, 0.3) is 0 Å². The molecule has 0 unspecified atom stereocenters. The molecule has 0 radical (unpaired) electrons. The molecule has 1 aliphatic rings. The number of benzene rings is 1. The van der Waals surface area contributed by atoms with Crippen LogP contribution < -0.4 is 0 Å². The summed E-state index contributed by atoms with van der Waals surface area (Å²) in [5, 5.41) is 8.67. The van der Waals surface area contributed by atoms with Crippen LogP contribution in [0.4, 0.5) is 0 Å². The van der Waals surface area contributed by atoms with Crippen LogP contribution in [0.2, 0.25) is 0 Å². The summed E-state index contributed by atoms with van der Waals surface area (Å²) in [7, 11) is 0. The maximum absolute atomic E-state index is 12.2. The van der Waals surface area contributed by atoms with Gasteiger partial charge in [-0.05, 0) is 19.8 Å². The molecule has 0 aliphatic carbocycles. The summed E-state index contributed by atoms with van der Waals surface area (Å²) in [6.45, 7) is 3.11. The van der Waals surface area contributed by atoms with Gasteiger partial charge in [-0.25, -0.2) is 0 Å². The minimum Gasteiger partial charge on any atom is -0.352 e. The number of ketones is 1. The average molecular weight is 255 g/mol. The molecule has 1 aromatic rings. The van der Waals surface area contributed by atoms with Crippen molar-refractivity contribution in [1.82, 2.24) is 4.90 Å². The summed E-state index contributed by atoms with van der Waals surface area (Å²) in [5.74, 6) is 0.821. The van der Waals surface area contributed by atoms with E-state index in [9.17, 15) is 4.79 Å². The number of nitrogens with zero attached hydrogens (tertiary/aromatic N) is 3. The molecule has 2 rings (SSSR count). The minimum atomic E-state index is 0.0764. The molecule has 1 heterocycles. The highest BCUT2D eigenvalue weighted by Gasteiger charge is 2.19. The standard InChI is InChI=1S/C15H17N3O/c1-12-5-7-13(8-6-12)14(19)10-18-9-3-2-4-15(18)17-11-16/h5-8H,2-4,9-10H2,1H3/b17-15+. The molecule has 4 nitrogen and oxygen atoms in total. The lowest BCUT2D eigenvalue weighted by molar-refractivity contribution is 0.0959. The van der Waals surface area contributed by atoms with Crippen molar-refractivity contribution >= 4 is 11.6 Å². The fraction of sp³-hybridized carbons (Fsp3) is 0.400. The molecule has 0 atom stereocenters. The molecule has 1 aliphatic heterocycles. The first kappa shape index (κ1) is 13.3. The van der Waals surface area contributed by atoms with Gasteiger partial charge in [-0.15, -0.1) is 0 Å². The summed E-state index contributed by atoms with van der Waals surface area (Å²) in [6.07, 6.45) is 4.69. The lowest BCUT2D eigenvalue weighted by Crippen LogP contribution is -2.39. The van der Waals surface area contributed by atoms with E-state index in [1.165, 1.54) is 0 Å². The van der Waals surface area contributed by atoms with Crippen molar-refractivity contribution in [3.8, 4) is 6.19 Å². The van der Waals surface area contributed by atoms with Crippen LogP contribution >= 0.6 is 0 Å². The Bertz CT molecular complexity index is 525. The maximum Gasteiger partial charge on any atom is 0.207 e. The number of aliphatic imine (C=N–C) groups is 1. The summed E-state index contributed by atoms with van der Waals surface area (Å²) >= 11 is 0. The minimum absolute atomic E-state index is 0.0764. The smallest absolute Gasteiger partial charge is 0.207 e. The highest BCUT2D eigenvalue weighted by atomic mass is 16.1. The normalized spacial score (nSPS) is 17.3. The molecule has 98 valence electrons. The summed E-state index contributed by atoms with van der Waals surface area (Å²) in [6, 6.07) is 7.58. The number of nitriles is 1. The lowest BCUT2D eigenvalue weighted by atomic mass is 10.1. The Balaban J connectivity index is 2.07. The highest BCUT2D eigenvalue weighted by Crippen LogP contribution is 2.13. The van der Waals surface area contributed by atoms with Gasteiger partial charge in [0.25, 0.3) is 0 Å². The van der Waals surface area contributed by atoms with Crippen LogP contribution in [0.15, 0.2) is 29.3 Å². The van der Waals surface area contributed by atoms with E-state index in [0.717, 1.165) is 37.2 Å². The van der Waals surface area contributed by atoms with Gasteiger partial charge in [0.1, 0.15) is 5.84 Å². The third kappa shape index (κ3) is 3.41. The molecule has 0 bridgehead atoms. The number of hydrogen-bond donors (Lipinski definition) is 0. The Hall–Kier alpha value is -2.15. The second-order valence-electron chi connectivity index (χ2n) is 4.80. The van der Waals surface area contributed by atoms with Crippen LogP contribution in [0.1, 0.15) is 35.2 Å². The van der Waals surface area contributed by atoms with Gasteiger partial charge in [-0.2, -0.15) is 10.3 Å². The zero-order valence-electron chi connectivity index (χ0n) is 11.1. The number of aryl methyl sites for hydroxylation is 1. The van der Waals surface area contributed by atoms with Crippen LogP contribution in [-0.2, 0) is 0 Å². The quantitative estimate of drug-likeness (QED) is 0.616. The van der Waals surface area contributed by atoms with Crippen molar-refractivity contribution in [2.75, 3.05) is 13.1 Å². The monoisotopic (exact) mass is 255 g/mol. The van der Waals surface area contributed by atoms with Gasteiger partial charge >= 0.3 is 0 Å². The van der Waals surface area contributed by atoms with Crippen molar-refractivity contribution in [3.05, 3.63) is 35.4 Å². The van der Waals surface area contributed by atoms with E-state index >= 15 is 0 Å². The number of carbonyl (C=O) groups is 1. The fourth-order valence-corrected chi connectivity index (χ4v) is 2.23. The van der Waals surface area contributed by atoms with E-state index in [-0.39, 0.29) is 5.78 Å². The van der Waals surface area contributed by atoms with Gasteiger partial charge in [-0.3, -0.25) is 4.79 Å². The lowest BCUT2D eigenvalue weighted by Gasteiger charge is -2.28. The Morgan fingerprint density at radius 1 is 1.37 bits per heavy atom. The second kappa shape index (κ2) is 6.14. The fourth-order valence-electron chi connectivity index (χ4n) is 2.23. The van der Waals surface area contributed by atoms with Gasteiger partial charge in [-0.1, -0.05) is 29.8 Å². The number of Topliss-reactive ketones (excluding diaryl/α,β-unsaturated/α-hetero) is 1. The first-order valence-corrected chi connectivity index (χ1v) is 6.51. The molecule has 0 amide bonds. The second-order valence-corrected chi connectivity index (χ2v) is 4.80. The van der Waals surface area contributed by atoms with Gasteiger partial charge in [0.05, 0.1) is 6.54 Å². The molecule has 19 heavy (non-hydrogen) atoms. The first-order chi connectivity index (χ1) is 9.20. The molecular formula is C15H17N3O. The van der Waals surface area contributed by atoms with Crippen molar-refractivity contribution < 1.29 is 4.79 Å². The van der Waals surface area contributed by atoms with Crippen LogP contribution in [0.5, 0.6) is 0 Å². The SMILES string of the molecule is Cc1ccc(C(=O)CN2CCCC/C2=N\C#N)cc1. The topological polar surface area (TPSA) is 56.5 Å². The number of amidine groups is 1. The zero-order valence-corrected chi connectivity index (χ0v) is 11.1. The van der Waals surface area contributed by atoms with E-state index in [1.807, 2.05) is 42.3 Å². The van der Waals surface area contributed by atoms with Gasteiger partial charge in [0.2, 0.25) is 6.19 Å². The molecule has 0 spiro atoms. The molecule has 1 saturated heterocycles. The van der Waals surface area contributed by atoms with Crippen molar-refractivity contribution in [2.45, 2.75) is 26.2 Å². The van der Waals surface area contributed by atoms with Gasteiger partial charge < -0.3 is 4.90 Å². The predicted molar refractivity (Wildman–Crippen MR) is 74.0 cm³/mol. The number of rotatable bonds is 3. The van der Waals surface area contributed by atoms with E-state index in [4.69, 9.17) is 5.26 Å². The molecule has 1 fully saturated rings. The molecule has 0 N–H and O–H groups in total. The van der Waals surface area contributed by atoms with Gasteiger partial charge in [0, 0.05) is 18.5 Å². The number of likely N-dealkylation sites (tertiary alicyclic amines) is 1. The third-order valence-corrected chi connectivity index (χ3v) is 3.33. The molecule has 0 aromatic heterocycles. The Morgan fingerprint density at radius 3 is 2.79 bits per heavy atom. The van der Waals surface area contributed by atoms with Crippen LogP contribution in [0, 0.1) is 18.4 Å². The van der Waals surface area contributed by atoms with Crippen LogP contribution in [-0.4, -0.2) is 29.6 Å². The summed E-state index contributed by atoms with van der Waals surface area (Å²) in [4.78, 5) is 17.9. The Labute approximate surface area is 113 Å². The van der Waals surface area contributed by atoms with Crippen molar-refractivity contribution in [2.24, 2.45) is 4.99 Å². The van der Waals surface area contributed by atoms with E-state index in [0.29, 0.717) is 12.1 Å². The molecule has 0 saturated carbocycles. The number of piperidine rings is 1. The number of carbonyl (C=O) groups excluding carboxylic acids is 1. The number of hydrogen-bond acceptors (Lipinski definition) is 3. The van der Waals surface area contributed by atoms with Crippen molar-refractivity contribution in [3.63, 3.8) is 0 Å². The third-order valence-electron chi connectivity index (χ3n) is 3.33. The van der Waals surface area contributed by atoms with Gasteiger partial charge in [0.15, 0.2) is 5.78 Å². The van der Waals surface area contributed by atoms with Crippen molar-refractivity contribution in [1.29, 1.82) is 5.26 Å². The highest BCUT2D eigenvalue weighted by molar-refractivity contribution is 6.00. The average Bonchev–Trinajstić information content (AvgIpc) is 2.42.